The van der Waals surface area contributed by atoms with Gasteiger partial charge in [0.2, 0.25) is 5.16 Å². The van der Waals surface area contributed by atoms with Gasteiger partial charge in [0, 0.05) is 29.6 Å². The van der Waals surface area contributed by atoms with Crippen LogP contribution in [0.1, 0.15) is 34.7 Å². The van der Waals surface area contributed by atoms with Crippen molar-refractivity contribution in [2.45, 2.75) is 32.0 Å². The van der Waals surface area contributed by atoms with Gasteiger partial charge in [0.15, 0.2) is 11.6 Å². The van der Waals surface area contributed by atoms with Gasteiger partial charge < -0.3 is 14.0 Å². The predicted octanol–water partition coefficient (Wildman–Crippen LogP) is 4.08. The molecule has 0 bridgehead atoms. The number of ketones is 1. The average molecular weight is 415 g/mol. The number of aromatic nitrogens is 4. The zero-order valence-electron chi connectivity index (χ0n) is 17.4. The van der Waals surface area contributed by atoms with Crippen molar-refractivity contribution in [3.05, 3.63) is 47.3 Å². The second kappa shape index (κ2) is 9.28. The quantitative estimate of drug-likeness (QED) is 0.420. The molecular weight excluding hydrogens is 388 g/mol. The van der Waals surface area contributed by atoms with E-state index in [0.29, 0.717) is 17.6 Å². The molecule has 0 spiro atoms. The Kier molecular flexibility index (Phi) is 6.76. The summed E-state index contributed by atoms with van der Waals surface area (Å²) in [4.78, 5) is 17.3. The fourth-order valence-electron chi connectivity index (χ4n) is 3.45. The molecule has 3 rings (SSSR count). The molecule has 29 heavy (non-hydrogen) atoms. The largest absolute Gasteiger partial charge is 0.497 e. The molecule has 0 aliphatic carbocycles. The Balaban J connectivity index is 1.67. The summed E-state index contributed by atoms with van der Waals surface area (Å²) >= 11 is 1.33. The molecule has 1 N–H and O–H groups in total. The predicted molar refractivity (Wildman–Crippen MR) is 114 cm³/mol. The van der Waals surface area contributed by atoms with Gasteiger partial charge in [-0.15, -0.1) is 5.10 Å². The number of Topliss-reactive ketones (excluding diaryl/α,β-unsaturated/α-hetero) is 1. The monoisotopic (exact) mass is 414 g/mol. The fraction of sp³-hybridized carbons (Fsp3) is 0.381. The molecule has 0 amide bonds. The number of carbonyl (C=O) groups excluding carboxylic acids is 1. The smallest absolute Gasteiger partial charge is 0.209 e. The van der Waals surface area contributed by atoms with Crippen molar-refractivity contribution in [2.24, 2.45) is 0 Å². The Morgan fingerprint density at radius 3 is 2.62 bits per heavy atom. The van der Waals surface area contributed by atoms with E-state index >= 15 is 0 Å². The topological polar surface area (TPSA) is 82.0 Å². The molecule has 1 atom stereocenters. The summed E-state index contributed by atoms with van der Waals surface area (Å²) in [6.45, 7) is 6.68. The Hall–Kier alpha value is -2.58. The number of methoxy groups -OCH3 is 2. The number of nitrogens with one attached hydrogen (secondary N) is 1. The van der Waals surface area contributed by atoms with Crippen LogP contribution in [0.25, 0.3) is 11.4 Å². The van der Waals surface area contributed by atoms with Crippen LogP contribution in [0.3, 0.4) is 0 Å². The standard InChI is InChI=1S/C21H26N4O3S/c1-13-10-18(15(3)25(13)14(2)11-27-4)19(26)12-29-21-22-20(23-24-21)16-6-8-17(28-5)9-7-16/h6-10,14H,11-12H2,1-5H3,(H,22,23,24)/t14-/m1/s1. The van der Waals surface area contributed by atoms with Gasteiger partial charge in [-0.25, -0.2) is 4.98 Å². The molecule has 0 aliphatic heterocycles. The third kappa shape index (κ3) is 4.71. The van der Waals surface area contributed by atoms with Crippen LogP contribution in [0.5, 0.6) is 5.75 Å². The average Bonchev–Trinajstić information content (AvgIpc) is 3.30. The fourth-order valence-corrected chi connectivity index (χ4v) is 4.13. The maximum Gasteiger partial charge on any atom is 0.209 e. The minimum Gasteiger partial charge on any atom is -0.497 e. The van der Waals surface area contributed by atoms with Crippen LogP contribution in [0.2, 0.25) is 0 Å². The molecular formula is C21H26N4O3S. The molecule has 154 valence electrons. The highest BCUT2D eigenvalue weighted by molar-refractivity contribution is 7.99. The number of hydrogen-bond donors (Lipinski definition) is 1. The van der Waals surface area contributed by atoms with E-state index in [-0.39, 0.29) is 17.6 Å². The van der Waals surface area contributed by atoms with Crippen LogP contribution in [-0.4, -0.2) is 52.1 Å². The van der Waals surface area contributed by atoms with Crippen LogP contribution in [-0.2, 0) is 4.74 Å². The Labute approximate surface area is 174 Å². The van der Waals surface area contributed by atoms with Gasteiger partial charge in [-0.1, -0.05) is 11.8 Å². The first-order chi connectivity index (χ1) is 13.9. The molecule has 1 aromatic carbocycles. The number of thioether (sulfide) groups is 1. The summed E-state index contributed by atoms with van der Waals surface area (Å²) in [5.41, 5.74) is 3.67. The third-order valence-corrected chi connectivity index (χ3v) is 5.64. The first-order valence-corrected chi connectivity index (χ1v) is 10.3. The van der Waals surface area contributed by atoms with Gasteiger partial charge in [-0.2, -0.15) is 0 Å². The van der Waals surface area contributed by atoms with E-state index < -0.39 is 0 Å². The molecule has 8 heteroatoms. The van der Waals surface area contributed by atoms with Gasteiger partial charge >= 0.3 is 0 Å². The van der Waals surface area contributed by atoms with Crippen LogP contribution in [0.15, 0.2) is 35.5 Å². The molecule has 0 saturated carbocycles. The maximum atomic E-state index is 12.8. The molecule has 0 radical (unpaired) electrons. The lowest BCUT2D eigenvalue weighted by Gasteiger charge is -2.17. The van der Waals surface area contributed by atoms with Crippen LogP contribution in [0, 0.1) is 13.8 Å². The highest BCUT2D eigenvalue weighted by Gasteiger charge is 2.19. The molecule has 0 fully saturated rings. The number of ether oxygens (including phenoxy) is 2. The Morgan fingerprint density at radius 1 is 1.24 bits per heavy atom. The van der Waals surface area contributed by atoms with E-state index in [1.54, 1.807) is 14.2 Å². The molecule has 0 unspecified atom stereocenters. The van der Waals surface area contributed by atoms with Gasteiger partial charge in [-0.05, 0) is 51.1 Å². The van der Waals surface area contributed by atoms with E-state index in [4.69, 9.17) is 9.47 Å². The van der Waals surface area contributed by atoms with Gasteiger partial charge in [-0.3, -0.25) is 9.89 Å². The summed E-state index contributed by atoms with van der Waals surface area (Å²) in [7, 11) is 3.31. The minimum atomic E-state index is 0.0646. The number of aromatic amines is 1. The van der Waals surface area contributed by atoms with E-state index in [2.05, 4.69) is 26.7 Å². The summed E-state index contributed by atoms with van der Waals surface area (Å²) in [6, 6.07) is 9.69. The van der Waals surface area contributed by atoms with Crippen molar-refractivity contribution >= 4 is 17.5 Å². The molecule has 2 aromatic heterocycles. The number of rotatable bonds is 9. The third-order valence-electron chi connectivity index (χ3n) is 4.79. The van der Waals surface area contributed by atoms with Crippen molar-refractivity contribution in [2.75, 3.05) is 26.6 Å². The lowest BCUT2D eigenvalue weighted by Crippen LogP contribution is -2.14. The summed E-state index contributed by atoms with van der Waals surface area (Å²) < 4.78 is 12.6. The van der Waals surface area contributed by atoms with Gasteiger partial charge in [0.25, 0.3) is 0 Å². The zero-order valence-corrected chi connectivity index (χ0v) is 18.2. The highest BCUT2D eigenvalue weighted by atomic mass is 32.2. The van der Waals surface area contributed by atoms with Crippen LogP contribution in [0.4, 0.5) is 0 Å². The molecule has 2 heterocycles. The number of nitrogens with zero attached hydrogens (tertiary/aromatic N) is 3. The molecule has 0 saturated heterocycles. The van der Waals surface area contributed by atoms with E-state index in [1.165, 1.54) is 11.8 Å². The van der Waals surface area contributed by atoms with Crippen LogP contribution < -0.4 is 4.74 Å². The number of H-pyrrole nitrogens is 1. The van der Waals surface area contributed by atoms with E-state index in [9.17, 15) is 4.79 Å². The molecule has 0 aliphatic rings. The lowest BCUT2D eigenvalue weighted by atomic mass is 10.2. The lowest BCUT2D eigenvalue weighted by molar-refractivity contribution is 0.102. The second-order valence-electron chi connectivity index (χ2n) is 6.87. The first-order valence-electron chi connectivity index (χ1n) is 9.34. The van der Waals surface area contributed by atoms with Crippen molar-refractivity contribution < 1.29 is 14.3 Å². The van der Waals surface area contributed by atoms with Gasteiger partial charge in [0.05, 0.1) is 25.5 Å². The first kappa shape index (κ1) is 21.1. The van der Waals surface area contributed by atoms with Crippen molar-refractivity contribution in [1.82, 2.24) is 19.7 Å². The highest BCUT2D eigenvalue weighted by Crippen LogP contribution is 2.25. The second-order valence-corrected chi connectivity index (χ2v) is 7.81. The van der Waals surface area contributed by atoms with Crippen molar-refractivity contribution in [1.29, 1.82) is 0 Å². The van der Waals surface area contributed by atoms with Crippen molar-refractivity contribution in [3.63, 3.8) is 0 Å². The molecule has 7 nitrogen and oxygen atoms in total. The van der Waals surface area contributed by atoms with Crippen molar-refractivity contribution in [3.8, 4) is 17.1 Å². The SMILES string of the molecule is COC[C@@H](C)n1c(C)cc(C(=O)CSc2n[nH]c(-c3ccc(OC)cc3)n2)c1C. The Bertz CT molecular complexity index is 978. The normalized spacial score (nSPS) is 12.2. The zero-order chi connectivity index (χ0) is 21.0. The van der Waals surface area contributed by atoms with Gasteiger partial charge in [0.1, 0.15) is 5.75 Å². The summed E-state index contributed by atoms with van der Waals surface area (Å²) in [5.74, 6) is 1.79. The number of benzene rings is 1. The number of hydrogen-bond acceptors (Lipinski definition) is 6. The number of aryl methyl sites for hydroxylation is 1. The molecule has 3 aromatic rings. The number of carbonyl (C=O) groups is 1. The summed E-state index contributed by atoms with van der Waals surface area (Å²) in [6.07, 6.45) is 0. The summed E-state index contributed by atoms with van der Waals surface area (Å²) in [5, 5.41) is 7.69. The van der Waals surface area contributed by atoms with Crippen LogP contribution >= 0.6 is 11.8 Å². The van der Waals surface area contributed by atoms with E-state index in [1.807, 2.05) is 44.2 Å². The minimum absolute atomic E-state index is 0.0646. The van der Waals surface area contributed by atoms with E-state index in [0.717, 1.165) is 28.3 Å². The maximum absolute atomic E-state index is 12.8. The Morgan fingerprint density at radius 2 is 1.97 bits per heavy atom.